The summed E-state index contributed by atoms with van der Waals surface area (Å²) in [5.74, 6) is 1.14. The van der Waals surface area contributed by atoms with E-state index in [2.05, 4.69) is 21.5 Å². The maximum atomic E-state index is 6.33. The molecule has 2 aliphatic heterocycles. The lowest BCUT2D eigenvalue weighted by molar-refractivity contribution is -0.0648. The molecule has 5 rings (SSSR count). The van der Waals surface area contributed by atoms with Crippen molar-refractivity contribution in [3.05, 3.63) is 55.1 Å². The summed E-state index contributed by atoms with van der Waals surface area (Å²) in [6.07, 6.45) is 6.12. The number of ether oxygens (including phenoxy) is 1. The van der Waals surface area contributed by atoms with E-state index >= 15 is 0 Å². The summed E-state index contributed by atoms with van der Waals surface area (Å²) in [6, 6.07) is 7.78. The first kappa shape index (κ1) is 18.4. The van der Waals surface area contributed by atoms with Crippen LogP contribution in [0.4, 0.5) is 5.82 Å². The van der Waals surface area contributed by atoms with Crippen molar-refractivity contribution in [2.24, 2.45) is 0 Å². The van der Waals surface area contributed by atoms with Crippen molar-refractivity contribution >= 4 is 25.6 Å². The van der Waals surface area contributed by atoms with Crippen LogP contribution in [0.1, 0.15) is 24.6 Å². The molecule has 0 spiro atoms. The minimum atomic E-state index is -1.49. The molecule has 2 aromatic heterocycles. The van der Waals surface area contributed by atoms with Crippen LogP contribution in [-0.2, 0) is 20.4 Å². The molecule has 0 saturated carbocycles. The molecule has 0 aliphatic carbocycles. The molecule has 1 fully saturated rings. The number of anilines is 1. The average molecular weight is 413 g/mol. The van der Waals surface area contributed by atoms with Gasteiger partial charge in [0.1, 0.15) is 29.4 Å². The number of imidazole rings is 1. The molecule has 1 aromatic carbocycles. The van der Waals surface area contributed by atoms with Gasteiger partial charge in [-0.05, 0) is 18.9 Å². The van der Waals surface area contributed by atoms with E-state index in [0.717, 1.165) is 24.2 Å². The molecule has 150 valence electrons. The number of hydrogen-bond acceptors (Lipinski definition) is 8. The van der Waals surface area contributed by atoms with Crippen molar-refractivity contribution in [3.8, 4) is 5.75 Å². The van der Waals surface area contributed by atoms with Crippen molar-refractivity contribution in [2.45, 2.75) is 31.3 Å². The Morgan fingerprint density at radius 3 is 3.14 bits per heavy atom. The first-order valence-electron chi connectivity index (χ1n) is 9.24. The number of nitrogens with zero attached hydrogens (tertiary/aromatic N) is 4. The number of fused-ring (bicyclic) bond motifs is 2. The van der Waals surface area contributed by atoms with Crippen molar-refractivity contribution < 1.29 is 18.3 Å². The van der Waals surface area contributed by atoms with Gasteiger partial charge in [0.2, 0.25) is 0 Å². The summed E-state index contributed by atoms with van der Waals surface area (Å²) in [5.41, 5.74) is 7.45. The highest BCUT2D eigenvalue weighted by Crippen LogP contribution is 2.49. The first-order chi connectivity index (χ1) is 14.2. The zero-order valence-electron chi connectivity index (χ0n) is 15.6. The van der Waals surface area contributed by atoms with Crippen LogP contribution in [0, 0.1) is 0 Å². The van der Waals surface area contributed by atoms with Crippen LogP contribution in [0.2, 0.25) is 0 Å². The highest BCUT2D eigenvalue weighted by atomic mass is 31.2. The Morgan fingerprint density at radius 1 is 1.34 bits per heavy atom. The molecular formula is C19H20N5O4P. The molecule has 3 aromatic rings. The standard InChI is InChI=1S/C19H20N5O4P/c1-2-19(10-26-29-25-9-13-5-3-4-6-14(13)28-29)8-7-15(27-19)24-12-23-16-17(20)21-11-22-18(16)24/h2-6,11-12,15H,1,7-10H2,(H2,20,21,22)/t15?,19-,29?/m0/s1. The van der Waals surface area contributed by atoms with Gasteiger partial charge in [0.25, 0.3) is 0 Å². The average Bonchev–Trinajstić information content (AvgIpc) is 3.38. The van der Waals surface area contributed by atoms with Gasteiger partial charge in [-0.25, -0.2) is 15.0 Å². The summed E-state index contributed by atoms with van der Waals surface area (Å²) < 4.78 is 25.7. The lowest BCUT2D eigenvalue weighted by Crippen LogP contribution is -2.31. The Bertz CT molecular complexity index is 1060. The molecule has 10 heteroatoms. The van der Waals surface area contributed by atoms with Gasteiger partial charge in [-0.1, -0.05) is 24.3 Å². The smallest absolute Gasteiger partial charge is 0.397 e. The molecule has 1 saturated heterocycles. The third-order valence-electron chi connectivity index (χ3n) is 5.14. The second kappa shape index (κ2) is 7.35. The largest absolute Gasteiger partial charge is 0.426 e. The van der Waals surface area contributed by atoms with Crippen molar-refractivity contribution in [3.63, 3.8) is 0 Å². The second-order valence-electron chi connectivity index (χ2n) is 6.93. The fourth-order valence-corrected chi connectivity index (χ4v) is 4.60. The van der Waals surface area contributed by atoms with Crippen molar-refractivity contribution in [1.82, 2.24) is 19.5 Å². The van der Waals surface area contributed by atoms with Crippen LogP contribution in [-0.4, -0.2) is 31.7 Å². The van der Waals surface area contributed by atoms with E-state index < -0.39 is 14.2 Å². The lowest BCUT2D eigenvalue weighted by atomic mass is 10.0. The quantitative estimate of drug-likeness (QED) is 0.500. The zero-order valence-corrected chi connectivity index (χ0v) is 16.5. The number of para-hydroxylation sites is 1. The van der Waals surface area contributed by atoms with Gasteiger partial charge in [0.15, 0.2) is 11.5 Å². The Kier molecular flexibility index (Phi) is 4.67. The van der Waals surface area contributed by atoms with E-state index in [9.17, 15) is 0 Å². The summed E-state index contributed by atoms with van der Waals surface area (Å²) in [7, 11) is -1.49. The van der Waals surface area contributed by atoms with Crippen LogP contribution in [0.3, 0.4) is 0 Å². The maximum Gasteiger partial charge on any atom is 0.397 e. The van der Waals surface area contributed by atoms with Crippen LogP contribution in [0.5, 0.6) is 5.75 Å². The Labute approximate surface area is 168 Å². The highest BCUT2D eigenvalue weighted by molar-refractivity contribution is 7.42. The third-order valence-corrected chi connectivity index (χ3v) is 6.17. The molecule has 29 heavy (non-hydrogen) atoms. The SMILES string of the molecule is C=C[C@@]1(COP2OCc3ccccc3O2)CCC(n2cnc3c(N)ncnc32)O1. The number of nitrogen functional groups attached to an aromatic ring is 1. The Hall–Kier alpha value is -2.58. The van der Waals surface area contributed by atoms with E-state index in [1.165, 1.54) is 6.33 Å². The topological polar surface area (TPSA) is 107 Å². The molecule has 3 atom stereocenters. The van der Waals surface area contributed by atoms with E-state index in [4.69, 9.17) is 24.0 Å². The molecule has 4 heterocycles. The van der Waals surface area contributed by atoms with Gasteiger partial charge < -0.3 is 15.0 Å². The molecule has 0 bridgehead atoms. The zero-order chi connectivity index (χ0) is 19.8. The number of aromatic nitrogens is 4. The molecule has 0 amide bonds. The summed E-state index contributed by atoms with van der Waals surface area (Å²) in [4.78, 5) is 12.6. The van der Waals surface area contributed by atoms with Crippen LogP contribution in [0.15, 0.2) is 49.6 Å². The summed E-state index contributed by atoms with van der Waals surface area (Å²) in [6.45, 7) is 4.71. The Balaban J connectivity index is 1.28. The number of rotatable bonds is 5. The molecule has 2 aliphatic rings. The number of nitrogens with two attached hydrogens (primary N) is 1. The summed E-state index contributed by atoms with van der Waals surface area (Å²) >= 11 is 0. The second-order valence-corrected chi connectivity index (χ2v) is 8.08. The fraction of sp³-hybridized carbons (Fsp3) is 0.316. The Morgan fingerprint density at radius 2 is 2.24 bits per heavy atom. The van der Waals surface area contributed by atoms with Gasteiger partial charge >= 0.3 is 8.60 Å². The third kappa shape index (κ3) is 3.36. The van der Waals surface area contributed by atoms with Crippen LogP contribution in [0.25, 0.3) is 11.2 Å². The molecule has 9 nitrogen and oxygen atoms in total. The monoisotopic (exact) mass is 413 g/mol. The van der Waals surface area contributed by atoms with Crippen molar-refractivity contribution in [1.29, 1.82) is 0 Å². The molecule has 2 unspecified atom stereocenters. The minimum Gasteiger partial charge on any atom is -0.426 e. The fourth-order valence-electron chi connectivity index (χ4n) is 3.52. The first-order valence-corrected chi connectivity index (χ1v) is 10.3. The van der Waals surface area contributed by atoms with E-state index in [0.29, 0.717) is 23.6 Å². The molecule has 0 radical (unpaired) electrons. The van der Waals surface area contributed by atoms with Gasteiger partial charge in [-0.15, -0.1) is 6.58 Å². The molecule has 2 N–H and O–H groups in total. The van der Waals surface area contributed by atoms with Gasteiger partial charge in [0, 0.05) is 5.56 Å². The van der Waals surface area contributed by atoms with Crippen LogP contribution >= 0.6 is 8.60 Å². The normalized spacial score (nSPS) is 26.2. The van der Waals surface area contributed by atoms with Gasteiger partial charge in [0.05, 0.1) is 19.5 Å². The van der Waals surface area contributed by atoms with E-state index in [1.807, 2.05) is 28.8 Å². The minimum absolute atomic E-state index is 0.252. The van der Waals surface area contributed by atoms with E-state index in [1.54, 1.807) is 12.4 Å². The number of benzene rings is 1. The van der Waals surface area contributed by atoms with E-state index in [-0.39, 0.29) is 12.8 Å². The van der Waals surface area contributed by atoms with Gasteiger partial charge in [-0.2, -0.15) is 0 Å². The summed E-state index contributed by atoms with van der Waals surface area (Å²) in [5, 5.41) is 0. The lowest BCUT2D eigenvalue weighted by Gasteiger charge is -2.29. The molecular weight excluding hydrogens is 393 g/mol. The van der Waals surface area contributed by atoms with Gasteiger partial charge in [-0.3, -0.25) is 13.6 Å². The highest BCUT2D eigenvalue weighted by Gasteiger charge is 2.41. The predicted octanol–water partition coefficient (Wildman–Crippen LogP) is 3.50. The van der Waals surface area contributed by atoms with Crippen molar-refractivity contribution in [2.75, 3.05) is 12.3 Å². The van der Waals surface area contributed by atoms with Crippen LogP contribution < -0.4 is 10.3 Å². The predicted molar refractivity (Wildman–Crippen MR) is 107 cm³/mol. The number of hydrogen-bond donors (Lipinski definition) is 1. The maximum absolute atomic E-state index is 6.33.